The van der Waals surface area contributed by atoms with Gasteiger partial charge in [-0.2, -0.15) is 0 Å². The van der Waals surface area contributed by atoms with Gasteiger partial charge in [-0.1, -0.05) is 41.9 Å². The molecule has 0 heterocycles. The van der Waals surface area contributed by atoms with Crippen LogP contribution in [0, 0.1) is 0 Å². The van der Waals surface area contributed by atoms with Crippen LogP contribution in [0.5, 0.6) is 0 Å². The van der Waals surface area contributed by atoms with E-state index in [0.717, 1.165) is 4.90 Å². The van der Waals surface area contributed by atoms with E-state index in [1.54, 1.807) is 48.2 Å². The Morgan fingerprint density at radius 1 is 1.16 bits per heavy atom. The van der Waals surface area contributed by atoms with E-state index in [1.165, 1.54) is 0 Å². The van der Waals surface area contributed by atoms with Gasteiger partial charge in [-0.15, -0.1) is 11.8 Å². The standard InChI is InChI=1S/C15H13ClO2S/c1-19-12-8-6-11(7-9-12)15(18,10-17)13-4-2-3-5-14(13)16/h2-10,18H,1H3. The van der Waals surface area contributed by atoms with Crippen molar-refractivity contribution in [2.45, 2.75) is 10.5 Å². The Kier molecular flexibility index (Phi) is 4.30. The number of hydrogen-bond acceptors (Lipinski definition) is 3. The van der Waals surface area contributed by atoms with Crippen LogP contribution in [0.25, 0.3) is 0 Å². The predicted octanol–water partition coefficient (Wildman–Crippen LogP) is 3.50. The van der Waals surface area contributed by atoms with Crippen LogP contribution in [0.2, 0.25) is 5.02 Å². The van der Waals surface area contributed by atoms with Crippen LogP contribution in [0.3, 0.4) is 0 Å². The fourth-order valence-electron chi connectivity index (χ4n) is 1.90. The number of halogens is 1. The van der Waals surface area contributed by atoms with Gasteiger partial charge in [0.2, 0.25) is 0 Å². The van der Waals surface area contributed by atoms with Gasteiger partial charge in [-0.3, -0.25) is 4.79 Å². The first-order valence-corrected chi connectivity index (χ1v) is 7.30. The first kappa shape index (κ1) is 14.1. The second-order valence-electron chi connectivity index (χ2n) is 4.09. The summed E-state index contributed by atoms with van der Waals surface area (Å²) < 4.78 is 0. The summed E-state index contributed by atoms with van der Waals surface area (Å²) >= 11 is 7.67. The Bertz CT molecular complexity index is 583. The molecule has 2 aromatic carbocycles. The van der Waals surface area contributed by atoms with Crippen molar-refractivity contribution in [2.24, 2.45) is 0 Å². The van der Waals surface area contributed by atoms with Crippen molar-refractivity contribution in [1.29, 1.82) is 0 Å². The summed E-state index contributed by atoms with van der Waals surface area (Å²) in [6, 6.07) is 14.0. The molecule has 0 aliphatic carbocycles. The first-order valence-electron chi connectivity index (χ1n) is 5.70. The highest BCUT2D eigenvalue weighted by atomic mass is 35.5. The minimum atomic E-state index is -1.71. The van der Waals surface area contributed by atoms with Gasteiger partial charge >= 0.3 is 0 Å². The molecular formula is C15H13ClO2S. The van der Waals surface area contributed by atoms with E-state index >= 15 is 0 Å². The van der Waals surface area contributed by atoms with Crippen LogP contribution >= 0.6 is 23.4 Å². The van der Waals surface area contributed by atoms with Gasteiger partial charge in [-0.25, -0.2) is 0 Å². The minimum Gasteiger partial charge on any atom is -0.373 e. The topological polar surface area (TPSA) is 37.3 Å². The van der Waals surface area contributed by atoms with Crippen molar-refractivity contribution >= 4 is 29.6 Å². The number of aliphatic hydroxyl groups is 1. The molecule has 98 valence electrons. The van der Waals surface area contributed by atoms with E-state index < -0.39 is 5.60 Å². The third-order valence-corrected chi connectivity index (χ3v) is 4.06. The summed E-state index contributed by atoms with van der Waals surface area (Å²) in [6.07, 6.45) is 2.48. The molecule has 0 spiro atoms. The average molecular weight is 293 g/mol. The molecule has 4 heteroatoms. The molecule has 2 rings (SSSR count). The highest BCUT2D eigenvalue weighted by molar-refractivity contribution is 7.98. The van der Waals surface area contributed by atoms with Crippen molar-refractivity contribution in [1.82, 2.24) is 0 Å². The summed E-state index contributed by atoms with van der Waals surface area (Å²) in [4.78, 5) is 12.5. The van der Waals surface area contributed by atoms with Gasteiger partial charge in [0, 0.05) is 15.5 Å². The van der Waals surface area contributed by atoms with Gasteiger partial charge in [0.05, 0.1) is 0 Å². The normalized spacial score (nSPS) is 13.8. The molecule has 0 fully saturated rings. The zero-order chi connectivity index (χ0) is 13.9. The highest BCUT2D eigenvalue weighted by Gasteiger charge is 2.33. The third-order valence-electron chi connectivity index (χ3n) is 2.99. The summed E-state index contributed by atoms with van der Waals surface area (Å²) in [6.45, 7) is 0. The molecule has 0 saturated carbocycles. The Morgan fingerprint density at radius 2 is 1.79 bits per heavy atom. The quantitative estimate of drug-likeness (QED) is 0.692. The van der Waals surface area contributed by atoms with Gasteiger partial charge in [-0.05, 0) is 30.0 Å². The number of carbonyl (C=O) groups excluding carboxylic acids is 1. The van der Waals surface area contributed by atoms with Crippen molar-refractivity contribution in [3.8, 4) is 0 Å². The Morgan fingerprint density at radius 3 is 2.32 bits per heavy atom. The number of aldehydes is 1. The lowest BCUT2D eigenvalue weighted by Gasteiger charge is -2.24. The maximum Gasteiger partial charge on any atom is 0.171 e. The fraction of sp³-hybridized carbons (Fsp3) is 0.133. The SMILES string of the molecule is CSc1ccc(C(O)(C=O)c2ccccc2Cl)cc1. The molecule has 0 amide bonds. The molecule has 0 aliphatic heterocycles. The van der Waals surface area contributed by atoms with Crippen molar-refractivity contribution in [2.75, 3.05) is 6.26 Å². The zero-order valence-corrected chi connectivity index (χ0v) is 11.9. The molecule has 0 bridgehead atoms. The molecular weight excluding hydrogens is 280 g/mol. The maximum atomic E-state index is 11.4. The van der Waals surface area contributed by atoms with E-state index in [2.05, 4.69) is 0 Å². The van der Waals surface area contributed by atoms with Crippen molar-refractivity contribution in [3.05, 3.63) is 64.7 Å². The molecule has 2 aromatic rings. The van der Waals surface area contributed by atoms with E-state index in [9.17, 15) is 9.90 Å². The maximum absolute atomic E-state index is 11.4. The molecule has 2 nitrogen and oxygen atoms in total. The zero-order valence-electron chi connectivity index (χ0n) is 10.3. The third kappa shape index (κ3) is 2.68. The number of hydrogen-bond donors (Lipinski definition) is 1. The van der Waals surface area contributed by atoms with Gasteiger partial charge in [0.15, 0.2) is 11.9 Å². The molecule has 0 saturated heterocycles. The smallest absolute Gasteiger partial charge is 0.171 e. The van der Waals surface area contributed by atoms with Gasteiger partial charge in [0.25, 0.3) is 0 Å². The first-order chi connectivity index (χ1) is 9.11. The monoisotopic (exact) mass is 292 g/mol. The molecule has 1 N–H and O–H groups in total. The summed E-state index contributed by atoms with van der Waals surface area (Å²) in [7, 11) is 0. The minimum absolute atomic E-state index is 0.367. The Hall–Kier alpha value is -1.29. The van der Waals surface area contributed by atoms with Crippen LogP contribution in [-0.4, -0.2) is 17.6 Å². The van der Waals surface area contributed by atoms with E-state index in [1.807, 2.05) is 18.4 Å². The van der Waals surface area contributed by atoms with Crippen LogP contribution in [-0.2, 0) is 10.4 Å². The lowest BCUT2D eigenvalue weighted by molar-refractivity contribution is -0.121. The van der Waals surface area contributed by atoms with Crippen LogP contribution in [0.15, 0.2) is 53.4 Å². The lowest BCUT2D eigenvalue weighted by atomic mass is 9.88. The Balaban J connectivity index is 2.53. The number of rotatable bonds is 4. The Labute approximate surface area is 121 Å². The van der Waals surface area contributed by atoms with Gasteiger partial charge in [0.1, 0.15) is 0 Å². The average Bonchev–Trinajstić information content (AvgIpc) is 2.47. The van der Waals surface area contributed by atoms with E-state index in [4.69, 9.17) is 11.6 Å². The lowest BCUT2D eigenvalue weighted by Crippen LogP contribution is -2.29. The second kappa shape index (κ2) is 5.78. The summed E-state index contributed by atoms with van der Waals surface area (Å²) in [5.41, 5.74) is -0.813. The number of benzene rings is 2. The predicted molar refractivity (Wildman–Crippen MR) is 78.7 cm³/mol. The number of carbonyl (C=O) groups is 1. The molecule has 0 aliphatic rings. The highest BCUT2D eigenvalue weighted by Crippen LogP contribution is 2.33. The van der Waals surface area contributed by atoms with Crippen molar-refractivity contribution < 1.29 is 9.90 Å². The van der Waals surface area contributed by atoms with E-state index in [-0.39, 0.29) is 0 Å². The van der Waals surface area contributed by atoms with Gasteiger partial charge < -0.3 is 5.11 Å². The molecule has 0 aromatic heterocycles. The second-order valence-corrected chi connectivity index (χ2v) is 5.38. The number of thioether (sulfide) groups is 1. The largest absolute Gasteiger partial charge is 0.373 e. The van der Waals surface area contributed by atoms with Crippen LogP contribution in [0.1, 0.15) is 11.1 Å². The van der Waals surface area contributed by atoms with E-state index in [0.29, 0.717) is 22.4 Å². The molecule has 0 radical (unpaired) electrons. The van der Waals surface area contributed by atoms with Crippen LogP contribution < -0.4 is 0 Å². The summed E-state index contributed by atoms with van der Waals surface area (Å²) in [5, 5.41) is 11.0. The summed E-state index contributed by atoms with van der Waals surface area (Å²) in [5.74, 6) is 0. The van der Waals surface area contributed by atoms with Crippen molar-refractivity contribution in [3.63, 3.8) is 0 Å². The molecule has 1 unspecified atom stereocenters. The molecule has 1 atom stereocenters. The molecule has 19 heavy (non-hydrogen) atoms. The fourth-order valence-corrected chi connectivity index (χ4v) is 2.59. The van der Waals surface area contributed by atoms with Crippen LogP contribution in [0.4, 0.5) is 0 Å².